The van der Waals surface area contributed by atoms with Gasteiger partial charge >= 0.3 is 0 Å². The van der Waals surface area contributed by atoms with Crippen LogP contribution in [0.5, 0.6) is 0 Å². The maximum Gasteiger partial charge on any atom is 0.150 e. The van der Waals surface area contributed by atoms with Gasteiger partial charge in [-0.05, 0) is 25.0 Å². The molecule has 0 amide bonds. The highest BCUT2D eigenvalue weighted by atomic mass is 16.1. The van der Waals surface area contributed by atoms with E-state index in [1.54, 1.807) is 13.0 Å². The van der Waals surface area contributed by atoms with E-state index < -0.39 is 0 Å². The van der Waals surface area contributed by atoms with Crippen molar-refractivity contribution in [1.82, 2.24) is 0 Å². The molecular weight excluding hydrogens is 164 g/mol. The van der Waals surface area contributed by atoms with Crippen LogP contribution in [0.25, 0.3) is 0 Å². The molecule has 0 bridgehead atoms. The Hall–Kier alpha value is -1.44. The van der Waals surface area contributed by atoms with Gasteiger partial charge in [0.2, 0.25) is 0 Å². The van der Waals surface area contributed by atoms with E-state index in [4.69, 9.17) is 0 Å². The number of aldehydes is 1. The molecule has 0 saturated carbocycles. The van der Waals surface area contributed by atoms with E-state index >= 15 is 0 Å². The molecule has 2 nitrogen and oxygen atoms in total. The molecule has 1 aromatic carbocycles. The van der Waals surface area contributed by atoms with E-state index in [1.807, 2.05) is 19.1 Å². The lowest BCUT2D eigenvalue weighted by atomic mass is 10.0. The Labute approximate surface area is 77.6 Å². The molecule has 0 saturated heterocycles. The van der Waals surface area contributed by atoms with E-state index in [2.05, 4.69) is 0 Å². The van der Waals surface area contributed by atoms with Crippen molar-refractivity contribution in [3.63, 3.8) is 0 Å². The van der Waals surface area contributed by atoms with Gasteiger partial charge in [-0.2, -0.15) is 0 Å². The highest BCUT2D eigenvalue weighted by Gasteiger charge is 2.00. The second kappa shape index (κ2) is 3.99. The summed E-state index contributed by atoms with van der Waals surface area (Å²) in [5, 5.41) is 0. The third-order valence-electron chi connectivity index (χ3n) is 1.91. The molecule has 0 unspecified atom stereocenters. The first-order chi connectivity index (χ1) is 6.13. The quantitative estimate of drug-likeness (QED) is 0.659. The van der Waals surface area contributed by atoms with Gasteiger partial charge < -0.3 is 0 Å². The fourth-order valence-electron chi connectivity index (χ4n) is 1.27. The van der Waals surface area contributed by atoms with Gasteiger partial charge in [0.25, 0.3) is 0 Å². The van der Waals surface area contributed by atoms with Crippen molar-refractivity contribution < 1.29 is 9.59 Å². The number of rotatable bonds is 3. The zero-order valence-electron chi connectivity index (χ0n) is 7.83. The van der Waals surface area contributed by atoms with Crippen LogP contribution in [0.1, 0.15) is 28.4 Å². The molecule has 0 spiro atoms. The van der Waals surface area contributed by atoms with Crippen molar-refractivity contribution in [2.45, 2.75) is 20.3 Å². The molecule has 1 rings (SSSR count). The number of benzene rings is 1. The molecule has 0 heterocycles. The topological polar surface area (TPSA) is 34.1 Å². The first kappa shape index (κ1) is 9.65. The van der Waals surface area contributed by atoms with Gasteiger partial charge in [0, 0.05) is 12.0 Å². The SMILES string of the molecule is CC(=O)Cc1ccc(C=O)c(C)c1. The summed E-state index contributed by atoms with van der Waals surface area (Å²) < 4.78 is 0. The summed E-state index contributed by atoms with van der Waals surface area (Å²) in [6, 6.07) is 5.45. The first-order valence-corrected chi connectivity index (χ1v) is 4.17. The zero-order valence-corrected chi connectivity index (χ0v) is 7.83. The molecule has 0 atom stereocenters. The van der Waals surface area contributed by atoms with Crippen LogP contribution in [-0.2, 0) is 11.2 Å². The maximum atomic E-state index is 10.8. The summed E-state index contributed by atoms with van der Waals surface area (Å²) in [5.41, 5.74) is 2.58. The lowest BCUT2D eigenvalue weighted by Gasteiger charge is -2.01. The van der Waals surface area contributed by atoms with E-state index in [9.17, 15) is 9.59 Å². The highest BCUT2D eigenvalue weighted by molar-refractivity contribution is 5.80. The molecule has 0 aliphatic carbocycles. The summed E-state index contributed by atoms with van der Waals surface area (Å²) in [4.78, 5) is 21.3. The Morgan fingerprint density at radius 3 is 2.62 bits per heavy atom. The molecule has 13 heavy (non-hydrogen) atoms. The molecular formula is C11H12O2. The van der Waals surface area contributed by atoms with E-state index in [-0.39, 0.29) is 5.78 Å². The number of aryl methyl sites for hydroxylation is 1. The zero-order chi connectivity index (χ0) is 9.84. The van der Waals surface area contributed by atoms with Gasteiger partial charge in [-0.15, -0.1) is 0 Å². The third-order valence-corrected chi connectivity index (χ3v) is 1.91. The Morgan fingerprint density at radius 1 is 1.46 bits per heavy atom. The Bertz CT molecular complexity index is 340. The van der Waals surface area contributed by atoms with Crippen LogP contribution < -0.4 is 0 Å². The van der Waals surface area contributed by atoms with Gasteiger partial charge in [0.05, 0.1) is 0 Å². The lowest BCUT2D eigenvalue weighted by Crippen LogP contribution is -1.97. The van der Waals surface area contributed by atoms with Gasteiger partial charge in [0.1, 0.15) is 12.1 Å². The van der Waals surface area contributed by atoms with Crippen LogP contribution in [0.2, 0.25) is 0 Å². The normalized spacial score (nSPS) is 9.69. The van der Waals surface area contributed by atoms with E-state index in [0.29, 0.717) is 12.0 Å². The molecule has 0 N–H and O–H groups in total. The van der Waals surface area contributed by atoms with E-state index in [1.165, 1.54) is 0 Å². The van der Waals surface area contributed by atoms with Crippen molar-refractivity contribution in [2.24, 2.45) is 0 Å². The fraction of sp³-hybridized carbons (Fsp3) is 0.273. The minimum absolute atomic E-state index is 0.137. The van der Waals surface area contributed by atoms with Crippen molar-refractivity contribution in [3.05, 3.63) is 34.9 Å². The standard InChI is InChI=1S/C11H12O2/c1-8-5-10(6-9(2)13)3-4-11(8)7-12/h3-5,7H,6H2,1-2H3. The molecule has 1 aromatic rings. The maximum absolute atomic E-state index is 10.8. The average Bonchev–Trinajstić information content (AvgIpc) is 2.03. The van der Waals surface area contributed by atoms with Crippen molar-refractivity contribution in [2.75, 3.05) is 0 Å². The molecule has 68 valence electrons. The average molecular weight is 176 g/mol. The summed E-state index contributed by atoms with van der Waals surface area (Å²) in [5.74, 6) is 0.137. The second-order valence-electron chi connectivity index (χ2n) is 3.19. The fourth-order valence-corrected chi connectivity index (χ4v) is 1.27. The monoisotopic (exact) mass is 176 g/mol. The minimum atomic E-state index is 0.137. The van der Waals surface area contributed by atoms with Crippen molar-refractivity contribution in [1.29, 1.82) is 0 Å². The molecule has 0 aromatic heterocycles. The van der Waals surface area contributed by atoms with Crippen LogP contribution >= 0.6 is 0 Å². The second-order valence-corrected chi connectivity index (χ2v) is 3.19. The predicted octanol–water partition coefficient (Wildman–Crippen LogP) is 1.94. The number of hydrogen-bond donors (Lipinski definition) is 0. The Kier molecular flexibility index (Phi) is 2.96. The van der Waals surface area contributed by atoms with Gasteiger partial charge in [-0.3, -0.25) is 9.59 Å². The largest absolute Gasteiger partial charge is 0.300 e. The summed E-state index contributed by atoms with van der Waals surface area (Å²) >= 11 is 0. The number of carbonyl (C=O) groups excluding carboxylic acids is 2. The number of ketones is 1. The smallest absolute Gasteiger partial charge is 0.150 e. The van der Waals surface area contributed by atoms with Gasteiger partial charge in [-0.1, -0.05) is 18.2 Å². The molecule has 0 radical (unpaired) electrons. The van der Waals surface area contributed by atoms with Crippen LogP contribution in [-0.4, -0.2) is 12.1 Å². The van der Waals surface area contributed by atoms with Crippen molar-refractivity contribution in [3.8, 4) is 0 Å². The number of Topliss-reactive ketones (excluding diaryl/α,β-unsaturated/α-hetero) is 1. The molecule has 2 heteroatoms. The predicted molar refractivity (Wildman–Crippen MR) is 51.0 cm³/mol. The highest BCUT2D eigenvalue weighted by Crippen LogP contribution is 2.09. The number of carbonyl (C=O) groups is 2. The van der Waals surface area contributed by atoms with Crippen molar-refractivity contribution >= 4 is 12.1 Å². The van der Waals surface area contributed by atoms with Crippen LogP contribution in [0, 0.1) is 6.92 Å². The van der Waals surface area contributed by atoms with Gasteiger partial charge in [0.15, 0.2) is 0 Å². The minimum Gasteiger partial charge on any atom is -0.300 e. The van der Waals surface area contributed by atoms with Gasteiger partial charge in [-0.25, -0.2) is 0 Å². The van der Waals surface area contributed by atoms with Crippen LogP contribution in [0.3, 0.4) is 0 Å². The summed E-state index contributed by atoms with van der Waals surface area (Å²) in [6.07, 6.45) is 1.27. The first-order valence-electron chi connectivity index (χ1n) is 4.17. The molecule has 0 aliphatic heterocycles. The van der Waals surface area contributed by atoms with Crippen LogP contribution in [0.15, 0.2) is 18.2 Å². The Balaban J connectivity index is 2.95. The lowest BCUT2D eigenvalue weighted by molar-refractivity contribution is -0.116. The molecule has 0 fully saturated rings. The Morgan fingerprint density at radius 2 is 2.15 bits per heavy atom. The van der Waals surface area contributed by atoms with Crippen LogP contribution in [0.4, 0.5) is 0 Å². The van der Waals surface area contributed by atoms with E-state index in [0.717, 1.165) is 17.4 Å². The summed E-state index contributed by atoms with van der Waals surface area (Å²) in [6.45, 7) is 3.43. The third kappa shape index (κ3) is 2.51. The molecule has 0 aliphatic rings. The summed E-state index contributed by atoms with van der Waals surface area (Å²) in [7, 11) is 0. The number of hydrogen-bond acceptors (Lipinski definition) is 2.